The molecule has 2 amide bonds. The van der Waals surface area contributed by atoms with Crippen LogP contribution in [0.4, 0.5) is 0 Å². The molecule has 260 valence electrons. The van der Waals surface area contributed by atoms with E-state index < -0.39 is 29.4 Å². The minimum Gasteiger partial charge on any atom is -0.496 e. The predicted octanol–water partition coefficient (Wildman–Crippen LogP) is 6.15. The number of aromatic nitrogens is 2. The number of rotatable bonds is 7. The van der Waals surface area contributed by atoms with Gasteiger partial charge >= 0.3 is 5.97 Å². The molecular formula is C39H48N4O6. The van der Waals surface area contributed by atoms with Crippen LogP contribution in [0.15, 0.2) is 48.6 Å². The van der Waals surface area contributed by atoms with E-state index in [0.717, 1.165) is 47.1 Å². The highest BCUT2D eigenvalue weighted by Gasteiger charge is 2.62. The van der Waals surface area contributed by atoms with Crippen LogP contribution in [-0.2, 0) is 19.1 Å². The van der Waals surface area contributed by atoms with Crippen molar-refractivity contribution < 1.29 is 28.6 Å². The number of esters is 1. The molecule has 1 aliphatic heterocycles. The molecule has 3 heterocycles. The van der Waals surface area contributed by atoms with Crippen LogP contribution >= 0.6 is 0 Å². The Bertz CT molecular complexity index is 1770. The summed E-state index contributed by atoms with van der Waals surface area (Å²) < 4.78 is 17.9. The van der Waals surface area contributed by atoms with Crippen molar-refractivity contribution in [2.24, 2.45) is 17.8 Å². The SMILES string of the molecule is CCOC(=O)C12C[C@@H]1/C=C\CCCCN(C)C(=O)[C@@H]1C[C@H](Oc3cc(-c4cccc(C(C)C)n4)nc4c(C)c(OC)ccc34)C[C@H]1C(=O)N2. The fraction of sp³-hybridized carbons (Fsp3) is 0.513. The summed E-state index contributed by atoms with van der Waals surface area (Å²) in [5.41, 5.74) is 2.86. The van der Waals surface area contributed by atoms with Gasteiger partial charge in [0.25, 0.3) is 0 Å². The minimum atomic E-state index is -1.10. The highest BCUT2D eigenvalue weighted by molar-refractivity contribution is 5.95. The number of aryl methyl sites for hydroxylation is 1. The number of ether oxygens (including phenoxy) is 3. The molecule has 1 aromatic carbocycles. The van der Waals surface area contributed by atoms with E-state index in [0.29, 0.717) is 43.0 Å². The lowest BCUT2D eigenvalue weighted by Gasteiger charge is -2.26. The average Bonchev–Trinajstić information content (AvgIpc) is 3.62. The van der Waals surface area contributed by atoms with Gasteiger partial charge in [-0.15, -0.1) is 0 Å². The number of nitrogens with one attached hydrogen (secondary N) is 1. The summed E-state index contributed by atoms with van der Waals surface area (Å²) in [5, 5.41) is 3.88. The van der Waals surface area contributed by atoms with Gasteiger partial charge in [0.05, 0.1) is 42.5 Å². The number of nitrogens with zero attached hydrogens (tertiary/aromatic N) is 3. The number of hydrogen-bond acceptors (Lipinski definition) is 8. The predicted molar refractivity (Wildman–Crippen MR) is 187 cm³/mol. The molecule has 5 atom stereocenters. The zero-order valence-corrected chi connectivity index (χ0v) is 29.5. The summed E-state index contributed by atoms with van der Waals surface area (Å²) in [6.45, 7) is 8.78. The molecule has 0 radical (unpaired) electrons. The topological polar surface area (TPSA) is 120 Å². The Morgan fingerprint density at radius 3 is 2.61 bits per heavy atom. The number of fused-ring (bicyclic) bond motifs is 3. The fourth-order valence-electron chi connectivity index (χ4n) is 7.36. The van der Waals surface area contributed by atoms with Gasteiger partial charge in [0.1, 0.15) is 23.1 Å². The number of methoxy groups -OCH3 is 1. The summed E-state index contributed by atoms with van der Waals surface area (Å²) >= 11 is 0. The number of carbonyl (C=O) groups is 3. The number of pyridine rings is 2. The van der Waals surface area contributed by atoms with E-state index in [1.165, 1.54) is 0 Å². The number of hydrogen-bond donors (Lipinski definition) is 1. The van der Waals surface area contributed by atoms with Crippen molar-refractivity contribution in [1.82, 2.24) is 20.2 Å². The Kier molecular flexibility index (Phi) is 9.95. The van der Waals surface area contributed by atoms with E-state index >= 15 is 0 Å². The smallest absolute Gasteiger partial charge is 0.332 e. The Hall–Kier alpha value is -4.47. The van der Waals surface area contributed by atoms with E-state index in [-0.39, 0.29) is 30.3 Å². The van der Waals surface area contributed by atoms with Crippen LogP contribution in [0.5, 0.6) is 11.5 Å². The van der Waals surface area contributed by atoms with E-state index in [2.05, 4.69) is 25.2 Å². The van der Waals surface area contributed by atoms with Crippen molar-refractivity contribution in [3.63, 3.8) is 0 Å². The number of benzene rings is 1. The van der Waals surface area contributed by atoms with Gasteiger partial charge in [-0.05, 0) is 82.6 Å². The highest BCUT2D eigenvalue weighted by atomic mass is 16.5. The Balaban J connectivity index is 1.36. The van der Waals surface area contributed by atoms with E-state index in [9.17, 15) is 14.4 Å². The lowest BCUT2D eigenvalue weighted by molar-refractivity contribution is -0.150. The third kappa shape index (κ3) is 6.87. The van der Waals surface area contributed by atoms with Gasteiger partial charge in [-0.3, -0.25) is 14.6 Å². The van der Waals surface area contributed by atoms with Crippen molar-refractivity contribution in [3.05, 3.63) is 59.8 Å². The molecule has 6 rings (SSSR count). The molecule has 0 saturated heterocycles. The first-order valence-electron chi connectivity index (χ1n) is 17.6. The van der Waals surface area contributed by atoms with Crippen LogP contribution < -0.4 is 14.8 Å². The first kappa shape index (κ1) is 34.4. The molecule has 10 heteroatoms. The molecule has 0 spiro atoms. The summed E-state index contributed by atoms with van der Waals surface area (Å²) in [4.78, 5) is 52.9. The van der Waals surface area contributed by atoms with Crippen LogP contribution in [0, 0.1) is 24.7 Å². The van der Waals surface area contributed by atoms with Crippen molar-refractivity contribution in [3.8, 4) is 22.9 Å². The molecule has 3 aromatic rings. The molecule has 2 saturated carbocycles. The van der Waals surface area contributed by atoms with Crippen LogP contribution in [-0.4, -0.2) is 71.6 Å². The van der Waals surface area contributed by atoms with Crippen LogP contribution in [0.1, 0.15) is 76.5 Å². The first-order valence-corrected chi connectivity index (χ1v) is 17.6. The number of allylic oxidation sites excluding steroid dienone is 1. The number of amides is 2. The molecule has 1 unspecified atom stereocenters. The average molecular weight is 669 g/mol. The lowest BCUT2D eigenvalue weighted by atomic mass is 9.93. The maximum Gasteiger partial charge on any atom is 0.332 e. The number of carbonyl (C=O) groups excluding carboxylic acids is 3. The molecular weight excluding hydrogens is 620 g/mol. The molecule has 3 aliphatic rings. The van der Waals surface area contributed by atoms with Gasteiger partial charge in [-0.1, -0.05) is 32.1 Å². The van der Waals surface area contributed by atoms with Crippen molar-refractivity contribution in [2.45, 2.75) is 83.8 Å². The quantitative estimate of drug-likeness (QED) is 0.235. The zero-order valence-electron chi connectivity index (χ0n) is 29.5. The highest BCUT2D eigenvalue weighted by Crippen LogP contribution is 2.47. The third-order valence-electron chi connectivity index (χ3n) is 10.3. The lowest BCUT2D eigenvalue weighted by Crippen LogP contribution is -2.50. The normalized spacial score (nSPS) is 26.4. The molecule has 2 aliphatic carbocycles. The Labute approximate surface area is 288 Å². The molecule has 49 heavy (non-hydrogen) atoms. The molecule has 10 nitrogen and oxygen atoms in total. The van der Waals surface area contributed by atoms with Gasteiger partial charge < -0.3 is 24.4 Å². The summed E-state index contributed by atoms with van der Waals surface area (Å²) in [6.07, 6.45) is 7.48. The molecule has 0 bridgehead atoms. The maximum atomic E-state index is 14.1. The Morgan fingerprint density at radius 2 is 1.86 bits per heavy atom. The van der Waals surface area contributed by atoms with Gasteiger partial charge in [0.2, 0.25) is 11.8 Å². The Morgan fingerprint density at radius 1 is 1.06 bits per heavy atom. The van der Waals surface area contributed by atoms with Gasteiger partial charge in [-0.25, -0.2) is 9.78 Å². The van der Waals surface area contributed by atoms with Crippen molar-refractivity contribution in [1.29, 1.82) is 0 Å². The summed E-state index contributed by atoms with van der Waals surface area (Å²) in [7, 11) is 3.44. The maximum absolute atomic E-state index is 14.1. The molecule has 2 fully saturated rings. The summed E-state index contributed by atoms with van der Waals surface area (Å²) in [6, 6.07) is 11.7. The van der Waals surface area contributed by atoms with Gasteiger partial charge in [-0.2, -0.15) is 0 Å². The second-order valence-electron chi connectivity index (χ2n) is 14.0. The second-order valence-corrected chi connectivity index (χ2v) is 14.0. The third-order valence-corrected chi connectivity index (χ3v) is 10.3. The van der Waals surface area contributed by atoms with Crippen LogP contribution in [0.25, 0.3) is 22.3 Å². The monoisotopic (exact) mass is 668 g/mol. The van der Waals surface area contributed by atoms with Gasteiger partial charge in [0, 0.05) is 42.2 Å². The summed E-state index contributed by atoms with van der Waals surface area (Å²) in [5.74, 6) is -0.639. The van der Waals surface area contributed by atoms with Crippen LogP contribution in [0.3, 0.4) is 0 Å². The fourth-order valence-corrected chi connectivity index (χ4v) is 7.36. The molecule has 2 aromatic heterocycles. The van der Waals surface area contributed by atoms with Crippen molar-refractivity contribution in [2.75, 3.05) is 27.3 Å². The first-order chi connectivity index (χ1) is 23.6. The van der Waals surface area contributed by atoms with Crippen LogP contribution in [0.2, 0.25) is 0 Å². The van der Waals surface area contributed by atoms with E-state index in [4.69, 9.17) is 24.2 Å². The van der Waals surface area contributed by atoms with E-state index in [1.807, 2.05) is 49.4 Å². The second kappa shape index (κ2) is 14.2. The van der Waals surface area contributed by atoms with Gasteiger partial charge in [0.15, 0.2) is 0 Å². The zero-order chi connectivity index (χ0) is 34.9. The molecule has 1 N–H and O–H groups in total. The van der Waals surface area contributed by atoms with Crippen molar-refractivity contribution >= 4 is 28.7 Å². The van der Waals surface area contributed by atoms with E-state index in [1.54, 1.807) is 26.0 Å². The standard InChI is InChI=1S/C39H48N4O6/c1-7-48-38(46)39-22-25(39)13-10-8-9-11-18-43(5)37(45)29-20-26(19-28(29)36(44)42-39)49-34-21-32(31-15-12-14-30(40-31)23(2)3)41-35-24(4)33(47-6)17-16-27(34)35/h10,12-17,21,23,25-26,28-29H,7-9,11,18-20,22H2,1-6H3,(H,42,44)/b13-10-/t25-,26+,28+,29+,39?/m0/s1. The minimum absolute atomic E-state index is 0.0769. The largest absolute Gasteiger partial charge is 0.496 e.